The first kappa shape index (κ1) is 16.6. The first-order chi connectivity index (χ1) is 8.47. The molecule has 1 aromatic carbocycles. The Morgan fingerprint density at radius 1 is 1.22 bits per heavy atom. The van der Waals surface area contributed by atoms with Gasteiger partial charge < -0.3 is 10.1 Å². The topological polar surface area (TPSA) is 38.3 Å². The molecule has 3 heteroatoms. The molecular weight excluding hydrogens is 226 g/mol. The number of hydrogen-bond donors (Lipinski definition) is 1. The van der Waals surface area contributed by atoms with Crippen LogP contribution in [0, 0.1) is 5.92 Å². The van der Waals surface area contributed by atoms with Gasteiger partial charge in [-0.25, -0.2) is 0 Å². The van der Waals surface area contributed by atoms with Gasteiger partial charge in [0.05, 0.1) is 5.92 Å². The minimum absolute atomic E-state index is 0. The predicted molar refractivity (Wildman–Crippen MR) is 77.4 cm³/mol. The quantitative estimate of drug-likeness (QED) is 0.837. The fourth-order valence-electron chi connectivity index (χ4n) is 0.895. The van der Waals surface area contributed by atoms with Gasteiger partial charge in [0.2, 0.25) is 0 Å². The van der Waals surface area contributed by atoms with E-state index in [2.05, 4.69) is 19.2 Å². The van der Waals surface area contributed by atoms with Crippen LogP contribution in [0.5, 0.6) is 0 Å². The second-order valence-corrected chi connectivity index (χ2v) is 4.69. The van der Waals surface area contributed by atoms with Crippen LogP contribution in [0.2, 0.25) is 0 Å². The van der Waals surface area contributed by atoms with E-state index in [1.165, 1.54) is 0 Å². The van der Waals surface area contributed by atoms with Gasteiger partial charge in [-0.2, -0.15) is 0 Å². The Kier molecular flexibility index (Phi) is 8.93. The molecule has 18 heavy (non-hydrogen) atoms. The molecule has 0 radical (unpaired) electrons. The number of rotatable bonds is 4. The van der Waals surface area contributed by atoms with Crippen LogP contribution in [0.1, 0.15) is 34.7 Å². The van der Waals surface area contributed by atoms with E-state index in [1.54, 1.807) is 0 Å². The number of esters is 1. The Labute approximate surface area is 112 Å². The number of benzene rings is 1. The van der Waals surface area contributed by atoms with Crippen molar-refractivity contribution in [3.8, 4) is 0 Å². The van der Waals surface area contributed by atoms with Crippen molar-refractivity contribution in [3.63, 3.8) is 0 Å². The Balaban J connectivity index is 0. The number of carbonyl (C=O) groups is 1. The van der Waals surface area contributed by atoms with Crippen LogP contribution in [0.25, 0.3) is 0 Å². The van der Waals surface area contributed by atoms with E-state index >= 15 is 0 Å². The van der Waals surface area contributed by atoms with Gasteiger partial charge in [0.25, 0.3) is 0 Å². The largest absolute Gasteiger partial charge is 0.461 e. The Bertz CT molecular complexity index is 326. The number of ether oxygens (including phenoxy) is 1. The molecule has 0 atom stereocenters. The highest BCUT2D eigenvalue weighted by molar-refractivity contribution is 5.71. The lowest BCUT2D eigenvalue weighted by molar-refractivity contribution is -0.148. The minimum atomic E-state index is -0.149. The Hall–Kier alpha value is -1.35. The van der Waals surface area contributed by atoms with E-state index in [4.69, 9.17) is 4.74 Å². The summed E-state index contributed by atoms with van der Waals surface area (Å²) in [6, 6.07) is 10.3. The molecule has 0 spiro atoms. The van der Waals surface area contributed by atoms with Gasteiger partial charge in [0, 0.05) is 7.47 Å². The normalized spacial score (nSPS) is 9.94. The summed E-state index contributed by atoms with van der Waals surface area (Å²) in [7, 11) is 1.95. The number of nitrogens with one attached hydrogen (secondary N) is 1. The lowest BCUT2D eigenvalue weighted by atomic mass is 10.2. The van der Waals surface area contributed by atoms with Crippen molar-refractivity contribution >= 4 is 5.97 Å². The molecule has 0 aromatic heterocycles. The first-order valence-electron chi connectivity index (χ1n) is 6.35. The molecule has 0 unspecified atom stereocenters. The van der Waals surface area contributed by atoms with E-state index < -0.39 is 0 Å². The summed E-state index contributed by atoms with van der Waals surface area (Å²) < 4.78 is 5.05. The smallest absolute Gasteiger partial charge is 0.308 e. The van der Waals surface area contributed by atoms with Gasteiger partial charge in [-0.15, -0.1) is 0 Å². The highest BCUT2D eigenvalue weighted by Crippen LogP contribution is 2.03. The zero-order valence-electron chi connectivity index (χ0n) is 12.1. The lowest BCUT2D eigenvalue weighted by Gasteiger charge is -2.06. The summed E-state index contributed by atoms with van der Waals surface area (Å²) >= 11 is 0. The van der Waals surface area contributed by atoms with E-state index in [-0.39, 0.29) is 13.3 Å². The molecule has 1 rings (SSSR count). The second kappa shape index (κ2) is 9.66. The third-order valence-electron chi connectivity index (χ3n) is 2.27. The summed E-state index contributed by atoms with van der Waals surface area (Å²) in [6.07, 6.45) is 0. The lowest BCUT2D eigenvalue weighted by Crippen LogP contribution is -2.15. The van der Waals surface area contributed by atoms with E-state index in [1.807, 2.05) is 51.2 Å². The summed E-state index contributed by atoms with van der Waals surface area (Å²) in [5.74, 6) is -0.201. The number of hydrogen-bond acceptors (Lipinski definition) is 3. The highest BCUT2D eigenvalue weighted by Gasteiger charge is 2.07. The van der Waals surface area contributed by atoms with Gasteiger partial charge in [-0.05, 0) is 12.6 Å². The molecule has 0 saturated carbocycles. The molecule has 0 fully saturated rings. The van der Waals surface area contributed by atoms with E-state index in [9.17, 15) is 4.79 Å². The van der Waals surface area contributed by atoms with Crippen LogP contribution in [0.3, 0.4) is 0 Å². The zero-order valence-corrected chi connectivity index (χ0v) is 12.1. The maximum Gasteiger partial charge on any atom is 0.308 e. The minimum Gasteiger partial charge on any atom is -0.461 e. The third kappa shape index (κ3) is 8.76. The van der Waals surface area contributed by atoms with Gasteiger partial charge >= 0.3 is 5.97 Å². The third-order valence-corrected chi connectivity index (χ3v) is 2.27. The van der Waals surface area contributed by atoms with Crippen LogP contribution in [0.4, 0.5) is 0 Å². The van der Waals surface area contributed by atoms with Crippen molar-refractivity contribution < 1.29 is 11.0 Å². The van der Waals surface area contributed by atoms with Crippen molar-refractivity contribution in [1.82, 2.24) is 5.32 Å². The molecule has 3 nitrogen and oxygen atoms in total. The van der Waals surface area contributed by atoms with Gasteiger partial charge in [0.15, 0.2) is 0 Å². The molecule has 0 amide bonds. The molecule has 0 bridgehead atoms. The van der Waals surface area contributed by atoms with Crippen LogP contribution in [-0.2, 0) is 16.1 Å². The van der Waals surface area contributed by atoms with E-state index in [0.717, 1.165) is 5.56 Å². The SMILES string of the molecule is CC(C)C(=O)OCc1ccccc1.CNC(C)C.[HH]. The molecular formula is C15H27NO2. The van der Waals surface area contributed by atoms with Crippen molar-refractivity contribution in [3.05, 3.63) is 35.9 Å². The Morgan fingerprint density at radius 3 is 2.11 bits per heavy atom. The number of carbonyl (C=O) groups excluding carboxylic acids is 1. The van der Waals surface area contributed by atoms with Crippen LogP contribution in [-0.4, -0.2) is 19.1 Å². The van der Waals surface area contributed by atoms with Crippen molar-refractivity contribution in [2.75, 3.05) is 7.05 Å². The molecule has 0 saturated heterocycles. The molecule has 0 aliphatic heterocycles. The molecule has 0 aliphatic rings. The monoisotopic (exact) mass is 253 g/mol. The predicted octanol–water partition coefficient (Wildman–Crippen LogP) is 3.25. The van der Waals surface area contributed by atoms with Crippen LogP contribution < -0.4 is 5.32 Å². The fourth-order valence-corrected chi connectivity index (χ4v) is 0.895. The molecule has 0 heterocycles. The second-order valence-electron chi connectivity index (χ2n) is 4.69. The maximum absolute atomic E-state index is 11.1. The zero-order chi connectivity index (χ0) is 14.0. The summed E-state index contributed by atoms with van der Waals surface area (Å²) in [5, 5.41) is 3.03. The summed E-state index contributed by atoms with van der Waals surface area (Å²) in [4.78, 5) is 11.1. The first-order valence-corrected chi connectivity index (χ1v) is 6.35. The Morgan fingerprint density at radius 2 is 1.72 bits per heavy atom. The highest BCUT2D eigenvalue weighted by atomic mass is 16.5. The van der Waals surface area contributed by atoms with Crippen LogP contribution >= 0.6 is 0 Å². The van der Waals surface area contributed by atoms with Crippen LogP contribution in [0.15, 0.2) is 30.3 Å². The molecule has 104 valence electrons. The van der Waals surface area contributed by atoms with Crippen molar-refractivity contribution in [1.29, 1.82) is 0 Å². The van der Waals surface area contributed by atoms with Gasteiger partial charge in [-0.3, -0.25) is 4.79 Å². The molecule has 0 aliphatic carbocycles. The van der Waals surface area contributed by atoms with Gasteiger partial charge in [0.1, 0.15) is 6.61 Å². The van der Waals surface area contributed by atoms with E-state index in [0.29, 0.717) is 12.6 Å². The average Bonchev–Trinajstić information content (AvgIpc) is 2.37. The molecule has 1 aromatic rings. The summed E-state index contributed by atoms with van der Waals surface area (Å²) in [5.41, 5.74) is 1.02. The fraction of sp³-hybridized carbons (Fsp3) is 0.533. The van der Waals surface area contributed by atoms with Crippen molar-refractivity contribution in [2.24, 2.45) is 5.92 Å². The summed E-state index contributed by atoms with van der Waals surface area (Å²) in [6.45, 7) is 8.25. The maximum atomic E-state index is 11.1. The molecule has 1 N–H and O–H groups in total. The average molecular weight is 253 g/mol. The van der Waals surface area contributed by atoms with Gasteiger partial charge in [-0.1, -0.05) is 58.0 Å². The standard InChI is InChI=1S/C11H14O2.C4H11N.H2/c1-9(2)11(12)13-8-10-6-4-3-5-7-10;1-4(2)5-3;/h3-7,9H,8H2,1-2H3;4-5H,1-3H3;1H. The van der Waals surface area contributed by atoms with Crippen molar-refractivity contribution in [2.45, 2.75) is 40.3 Å².